The number of benzene rings is 2. The third-order valence-corrected chi connectivity index (χ3v) is 5.15. The van der Waals surface area contributed by atoms with Gasteiger partial charge in [-0.15, -0.1) is 0 Å². The van der Waals surface area contributed by atoms with Gasteiger partial charge in [-0.05, 0) is 31.0 Å². The van der Waals surface area contributed by atoms with Gasteiger partial charge < -0.3 is 10.1 Å². The van der Waals surface area contributed by atoms with E-state index in [0.29, 0.717) is 12.1 Å². The molecule has 1 aliphatic heterocycles. The molecule has 0 bridgehead atoms. The van der Waals surface area contributed by atoms with Gasteiger partial charge in [-0.2, -0.15) is 0 Å². The monoisotopic (exact) mass is 344 g/mol. The van der Waals surface area contributed by atoms with Gasteiger partial charge >= 0.3 is 0 Å². The molecule has 2 aromatic rings. The van der Waals surface area contributed by atoms with Crippen LogP contribution < -0.4 is 10.1 Å². The first-order valence-electron chi connectivity index (χ1n) is 8.50. The Morgan fingerprint density at radius 1 is 1.17 bits per heavy atom. The van der Waals surface area contributed by atoms with Crippen LogP contribution in [0.5, 0.6) is 5.75 Å². The van der Waals surface area contributed by atoms with E-state index in [-0.39, 0.29) is 0 Å². The van der Waals surface area contributed by atoms with Crippen LogP contribution in [0.1, 0.15) is 24.5 Å². The summed E-state index contributed by atoms with van der Waals surface area (Å²) >= 11 is 6.33. The molecular formula is C20H25ClN2O. The number of nitrogens with one attached hydrogen (secondary N) is 1. The molecular weight excluding hydrogens is 320 g/mol. The summed E-state index contributed by atoms with van der Waals surface area (Å²) in [4.78, 5) is 2.54. The van der Waals surface area contributed by atoms with E-state index >= 15 is 0 Å². The normalized spacial score (nSPS) is 21.1. The summed E-state index contributed by atoms with van der Waals surface area (Å²) in [5, 5.41) is 4.41. The van der Waals surface area contributed by atoms with Crippen molar-refractivity contribution in [3.63, 3.8) is 0 Å². The van der Waals surface area contributed by atoms with Crippen molar-refractivity contribution in [3.05, 3.63) is 64.7 Å². The topological polar surface area (TPSA) is 24.5 Å². The highest BCUT2D eigenvalue weighted by Gasteiger charge is 2.28. The second-order valence-electron chi connectivity index (χ2n) is 6.50. The average Bonchev–Trinajstić information content (AvgIpc) is 2.94. The van der Waals surface area contributed by atoms with Crippen molar-refractivity contribution < 1.29 is 4.74 Å². The molecule has 0 spiro atoms. The zero-order valence-corrected chi connectivity index (χ0v) is 15.1. The van der Waals surface area contributed by atoms with Gasteiger partial charge in [0.2, 0.25) is 0 Å². The first kappa shape index (κ1) is 17.3. The fourth-order valence-electron chi connectivity index (χ4n) is 3.43. The van der Waals surface area contributed by atoms with E-state index < -0.39 is 0 Å². The van der Waals surface area contributed by atoms with E-state index in [0.717, 1.165) is 42.4 Å². The molecule has 1 fully saturated rings. The van der Waals surface area contributed by atoms with Crippen LogP contribution in [0.4, 0.5) is 0 Å². The molecule has 1 saturated heterocycles. The Kier molecular flexibility index (Phi) is 5.77. The molecule has 0 amide bonds. The Morgan fingerprint density at radius 3 is 2.71 bits per heavy atom. The third-order valence-electron chi connectivity index (χ3n) is 4.80. The quantitative estimate of drug-likeness (QED) is 0.853. The molecule has 0 radical (unpaired) electrons. The van der Waals surface area contributed by atoms with E-state index in [1.807, 2.05) is 18.2 Å². The Hall–Kier alpha value is -1.55. The first-order chi connectivity index (χ1) is 11.7. The van der Waals surface area contributed by atoms with Gasteiger partial charge in [0.25, 0.3) is 0 Å². The molecule has 1 heterocycles. The number of methoxy groups -OCH3 is 1. The van der Waals surface area contributed by atoms with Crippen LogP contribution in [0.25, 0.3) is 0 Å². The summed E-state index contributed by atoms with van der Waals surface area (Å²) < 4.78 is 5.43. The summed E-state index contributed by atoms with van der Waals surface area (Å²) in [7, 11) is 1.69. The second kappa shape index (κ2) is 8.02. The number of hydrogen-bond donors (Lipinski definition) is 1. The summed E-state index contributed by atoms with van der Waals surface area (Å²) in [6, 6.07) is 17.5. The van der Waals surface area contributed by atoms with Crippen molar-refractivity contribution in [1.82, 2.24) is 10.2 Å². The lowest BCUT2D eigenvalue weighted by Gasteiger charge is -2.21. The highest BCUT2D eigenvalue weighted by molar-refractivity contribution is 6.31. The standard InChI is InChI=1S/C20H25ClN2O/c1-15-11-17(14-23(15)13-16-7-4-3-5-8-16)22-12-18-19(21)9-6-10-20(18)24-2/h3-10,15,17,22H,11-14H2,1-2H3. The molecule has 24 heavy (non-hydrogen) atoms. The Bertz CT molecular complexity index is 662. The number of nitrogens with zero attached hydrogens (tertiary/aromatic N) is 1. The van der Waals surface area contributed by atoms with E-state index in [1.165, 1.54) is 5.56 Å². The summed E-state index contributed by atoms with van der Waals surface area (Å²) in [5.74, 6) is 0.849. The molecule has 0 saturated carbocycles. The van der Waals surface area contributed by atoms with E-state index in [2.05, 4.69) is 47.5 Å². The minimum Gasteiger partial charge on any atom is -0.496 e. The summed E-state index contributed by atoms with van der Waals surface area (Å²) in [5.41, 5.74) is 2.41. The van der Waals surface area contributed by atoms with Crippen LogP contribution in [-0.4, -0.2) is 30.6 Å². The van der Waals surface area contributed by atoms with Gasteiger partial charge in [0.15, 0.2) is 0 Å². The zero-order chi connectivity index (χ0) is 16.9. The molecule has 2 aromatic carbocycles. The predicted octanol–water partition coefficient (Wildman–Crippen LogP) is 4.10. The van der Waals surface area contributed by atoms with Crippen molar-refractivity contribution >= 4 is 11.6 Å². The maximum atomic E-state index is 6.33. The third kappa shape index (κ3) is 4.10. The van der Waals surface area contributed by atoms with Gasteiger partial charge in [-0.25, -0.2) is 0 Å². The van der Waals surface area contributed by atoms with Gasteiger partial charge in [-0.1, -0.05) is 48.0 Å². The number of halogens is 1. The maximum absolute atomic E-state index is 6.33. The van der Waals surface area contributed by atoms with Gasteiger partial charge in [0.05, 0.1) is 7.11 Å². The molecule has 3 rings (SSSR count). The van der Waals surface area contributed by atoms with E-state index in [4.69, 9.17) is 16.3 Å². The predicted molar refractivity (Wildman–Crippen MR) is 99.6 cm³/mol. The Labute approximate surface area is 149 Å². The molecule has 1 aliphatic rings. The lowest BCUT2D eigenvalue weighted by molar-refractivity contribution is 0.257. The first-order valence-corrected chi connectivity index (χ1v) is 8.88. The van der Waals surface area contributed by atoms with Crippen LogP contribution in [0, 0.1) is 0 Å². The number of hydrogen-bond acceptors (Lipinski definition) is 3. The van der Waals surface area contributed by atoms with Crippen molar-refractivity contribution in [2.45, 2.75) is 38.5 Å². The van der Waals surface area contributed by atoms with Crippen molar-refractivity contribution in [2.24, 2.45) is 0 Å². The molecule has 1 N–H and O–H groups in total. The molecule has 128 valence electrons. The molecule has 2 unspecified atom stereocenters. The highest BCUT2D eigenvalue weighted by atomic mass is 35.5. The molecule has 0 aliphatic carbocycles. The maximum Gasteiger partial charge on any atom is 0.124 e. The largest absolute Gasteiger partial charge is 0.496 e. The van der Waals surface area contributed by atoms with Crippen molar-refractivity contribution in [2.75, 3.05) is 13.7 Å². The molecule has 4 heteroatoms. The minimum absolute atomic E-state index is 0.477. The summed E-state index contributed by atoms with van der Waals surface area (Å²) in [6.45, 7) is 5.11. The van der Waals surface area contributed by atoms with E-state index in [1.54, 1.807) is 7.11 Å². The van der Waals surface area contributed by atoms with Gasteiger partial charge in [-0.3, -0.25) is 4.90 Å². The highest BCUT2D eigenvalue weighted by Crippen LogP contribution is 2.27. The van der Waals surface area contributed by atoms with Crippen LogP contribution in [0.2, 0.25) is 5.02 Å². The fraction of sp³-hybridized carbons (Fsp3) is 0.400. The Balaban J connectivity index is 1.58. The van der Waals surface area contributed by atoms with Crippen LogP contribution in [-0.2, 0) is 13.1 Å². The smallest absolute Gasteiger partial charge is 0.124 e. The van der Waals surface area contributed by atoms with E-state index in [9.17, 15) is 0 Å². The van der Waals surface area contributed by atoms with Crippen LogP contribution in [0.3, 0.4) is 0 Å². The molecule has 3 nitrogen and oxygen atoms in total. The van der Waals surface area contributed by atoms with Gasteiger partial charge in [0.1, 0.15) is 5.75 Å². The Morgan fingerprint density at radius 2 is 1.96 bits per heavy atom. The number of likely N-dealkylation sites (tertiary alicyclic amines) is 1. The van der Waals surface area contributed by atoms with Crippen LogP contribution in [0.15, 0.2) is 48.5 Å². The molecule has 2 atom stereocenters. The van der Waals surface area contributed by atoms with Crippen molar-refractivity contribution in [1.29, 1.82) is 0 Å². The second-order valence-corrected chi connectivity index (χ2v) is 6.91. The van der Waals surface area contributed by atoms with Gasteiger partial charge in [0, 0.05) is 42.3 Å². The molecule has 0 aromatic heterocycles. The fourth-order valence-corrected chi connectivity index (χ4v) is 3.67. The SMILES string of the molecule is COc1cccc(Cl)c1CNC1CC(C)N(Cc2ccccc2)C1. The summed E-state index contributed by atoms with van der Waals surface area (Å²) in [6.07, 6.45) is 1.15. The van der Waals surface area contributed by atoms with Crippen LogP contribution >= 0.6 is 11.6 Å². The number of ether oxygens (including phenoxy) is 1. The minimum atomic E-state index is 0.477. The number of rotatable bonds is 6. The average molecular weight is 345 g/mol. The lowest BCUT2D eigenvalue weighted by atomic mass is 10.1. The zero-order valence-electron chi connectivity index (χ0n) is 14.3. The van der Waals surface area contributed by atoms with Crippen molar-refractivity contribution in [3.8, 4) is 5.75 Å². The lowest BCUT2D eigenvalue weighted by Crippen LogP contribution is -2.32.